The molecule has 0 aliphatic carbocycles. The van der Waals surface area contributed by atoms with Gasteiger partial charge in [-0.25, -0.2) is 0 Å². The van der Waals surface area contributed by atoms with Gasteiger partial charge < -0.3 is 10.2 Å². The van der Waals surface area contributed by atoms with Gasteiger partial charge in [-0.3, -0.25) is 9.59 Å². The van der Waals surface area contributed by atoms with E-state index in [0.29, 0.717) is 29.4 Å². The molecule has 1 aliphatic rings. The van der Waals surface area contributed by atoms with E-state index in [1.54, 1.807) is 11.8 Å². The Morgan fingerprint density at radius 1 is 1.00 bits per heavy atom. The van der Waals surface area contributed by atoms with E-state index in [4.69, 9.17) is 11.6 Å². The van der Waals surface area contributed by atoms with Crippen LogP contribution in [0.2, 0.25) is 5.02 Å². The van der Waals surface area contributed by atoms with Gasteiger partial charge in [0, 0.05) is 23.7 Å². The summed E-state index contributed by atoms with van der Waals surface area (Å²) in [6.45, 7) is 3.06. The monoisotopic (exact) mass is 450 g/mol. The summed E-state index contributed by atoms with van der Waals surface area (Å²) in [4.78, 5) is 26.8. The van der Waals surface area contributed by atoms with Crippen LogP contribution in [-0.2, 0) is 17.9 Å². The molecule has 4 nitrogen and oxygen atoms in total. The number of nitrogens with zero attached hydrogens (tertiary/aromatic N) is 1. The highest BCUT2D eigenvalue weighted by atomic mass is 35.5. The molecule has 1 saturated heterocycles. The summed E-state index contributed by atoms with van der Waals surface area (Å²) in [7, 11) is 0. The molecule has 31 heavy (non-hydrogen) atoms. The Bertz CT molecular complexity index is 1070. The van der Waals surface area contributed by atoms with E-state index in [0.717, 1.165) is 16.7 Å². The van der Waals surface area contributed by atoms with E-state index < -0.39 is 0 Å². The largest absolute Gasteiger partial charge is 0.348 e. The number of rotatable bonds is 6. The van der Waals surface area contributed by atoms with E-state index in [1.165, 1.54) is 5.56 Å². The van der Waals surface area contributed by atoms with Crippen molar-refractivity contribution in [3.63, 3.8) is 0 Å². The van der Waals surface area contributed by atoms with Crippen molar-refractivity contribution in [1.82, 2.24) is 10.2 Å². The van der Waals surface area contributed by atoms with Crippen molar-refractivity contribution in [3.8, 4) is 0 Å². The van der Waals surface area contributed by atoms with Crippen LogP contribution in [0.5, 0.6) is 0 Å². The summed E-state index contributed by atoms with van der Waals surface area (Å²) >= 11 is 7.57. The van der Waals surface area contributed by atoms with E-state index in [2.05, 4.69) is 5.32 Å². The molecule has 0 unspecified atom stereocenters. The van der Waals surface area contributed by atoms with Crippen molar-refractivity contribution in [2.24, 2.45) is 0 Å². The van der Waals surface area contributed by atoms with Crippen LogP contribution in [0.25, 0.3) is 0 Å². The highest BCUT2D eigenvalue weighted by Gasteiger charge is 2.32. The van der Waals surface area contributed by atoms with Crippen LogP contribution in [0.1, 0.15) is 38.0 Å². The minimum atomic E-state index is -0.111. The first-order valence-corrected chi connectivity index (χ1v) is 11.5. The molecule has 0 bridgehead atoms. The van der Waals surface area contributed by atoms with Crippen molar-refractivity contribution in [3.05, 3.63) is 106 Å². The SMILES string of the molecule is Cc1ccc(CNC(=O)c2ccc([C@H]3SCC(=O)N3Cc3ccc(Cl)cc3)cc2)cc1. The van der Waals surface area contributed by atoms with Crippen molar-refractivity contribution < 1.29 is 9.59 Å². The van der Waals surface area contributed by atoms with Crippen molar-refractivity contribution >= 4 is 35.2 Å². The summed E-state index contributed by atoms with van der Waals surface area (Å²) in [6.07, 6.45) is 0. The highest BCUT2D eigenvalue weighted by Crippen LogP contribution is 2.39. The van der Waals surface area contributed by atoms with Crippen LogP contribution in [-0.4, -0.2) is 22.5 Å². The van der Waals surface area contributed by atoms with Gasteiger partial charge in [-0.2, -0.15) is 0 Å². The predicted octanol–water partition coefficient (Wildman–Crippen LogP) is 5.35. The van der Waals surface area contributed by atoms with Crippen LogP contribution in [0.4, 0.5) is 0 Å². The van der Waals surface area contributed by atoms with Gasteiger partial charge in [0.2, 0.25) is 5.91 Å². The molecule has 1 fully saturated rings. The minimum absolute atomic E-state index is 0.0622. The molecule has 6 heteroatoms. The summed E-state index contributed by atoms with van der Waals surface area (Å²) in [6, 6.07) is 23.2. The quantitative estimate of drug-likeness (QED) is 0.550. The minimum Gasteiger partial charge on any atom is -0.348 e. The van der Waals surface area contributed by atoms with Crippen LogP contribution in [0, 0.1) is 6.92 Å². The lowest BCUT2D eigenvalue weighted by molar-refractivity contribution is -0.128. The molecule has 158 valence electrons. The average molecular weight is 451 g/mol. The number of amides is 2. The Morgan fingerprint density at radius 3 is 2.32 bits per heavy atom. The molecule has 3 aromatic rings. The first-order valence-electron chi connectivity index (χ1n) is 10.1. The van der Waals surface area contributed by atoms with Crippen LogP contribution in [0.15, 0.2) is 72.8 Å². The number of benzene rings is 3. The second-order valence-electron chi connectivity index (χ2n) is 7.60. The molecule has 0 spiro atoms. The Hall–Kier alpha value is -2.76. The van der Waals surface area contributed by atoms with Gasteiger partial charge in [0.25, 0.3) is 5.91 Å². The van der Waals surface area contributed by atoms with Gasteiger partial charge in [-0.05, 0) is 47.9 Å². The number of hydrogen-bond acceptors (Lipinski definition) is 3. The maximum atomic E-state index is 12.5. The van der Waals surface area contributed by atoms with Crippen molar-refractivity contribution in [1.29, 1.82) is 0 Å². The van der Waals surface area contributed by atoms with Crippen LogP contribution < -0.4 is 5.32 Å². The molecule has 3 aromatic carbocycles. The molecule has 1 atom stereocenters. The molecule has 1 heterocycles. The molecule has 1 aliphatic heterocycles. The van der Waals surface area contributed by atoms with Crippen LogP contribution in [0.3, 0.4) is 0 Å². The zero-order valence-corrected chi connectivity index (χ0v) is 18.7. The van der Waals surface area contributed by atoms with Gasteiger partial charge in [0.05, 0.1) is 5.75 Å². The number of nitrogens with one attached hydrogen (secondary N) is 1. The second kappa shape index (κ2) is 9.58. The third kappa shape index (κ3) is 5.30. The number of carbonyl (C=O) groups is 2. The van der Waals surface area contributed by atoms with E-state index >= 15 is 0 Å². The van der Waals surface area contributed by atoms with Gasteiger partial charge in [0.1, 0.15) is 5.37 Å². The number of halogens is 1. The molecular weight excluding hydrogens is 428 g/mol. The standard InChI is InChI=1S/C25H23ClN2O2S/c1-17-2-4-18(5-3-17)14-27-24(30)20-8-10-21(11-9-20)25-28(23(29)16-31-25)15-19-6-12-22(26)13-7-19/h2-13,25H,14-16H2,1H3,(H,27,30)/t25-/m1/s1. The second-order valence-corrected chi connectivity index (χ2v) is 9.11. The summed E-state index contributed by atoms with van der Waals surface area (Å²) in [5.74, 6) is 0.460. The predicted molar refractivity (Wildman–Crippen MR) is 126 cm³/mol. The molecule has 0 radical (unpaired) electrons. The fraction of sp³-hybridized carbons (Fsp3) is 0.200. The zero-order chi connectivity index (χ0) is 21.8. The van der Waals surface area contributed by atoms with E-state index in [1.807, 2.05) is 84.6 Å². The third-order valence-corrected chi connectivity index (χ3v) is 6.77. The summed E-state index contributed by atoms with van der Waals surface area (Å²) in [5, 5.41) is 3.57. The Balaban J connectivity index is 1.41. The van der Waals surface area contributed by atoms with Crippen molar-refractivity contribution in [2.45, 2.75) is 25.4 Å². The Kier molecular flexibility index (Phi) is 6.64. The Labute approximate surface area is 191 Å². The van der Waals surface area contributed by atoms with Gasteiger partial charge >= 0.3 is 0 Å². The number of aryl methyl sites for hydroxylation is 1. The van der Waals surface area contributed by atoms with Crippen molar-refractivity contribution in [2.75, 3.05) is 5.75 Å². The maximum Gasteiger partial charge on any atom is 0.251 e. The lowest BCUT2D eigenvalue weighted by Crippen LogP contribution is -2.27. The average Bonchev–Trinajstić information content (AvgIpc) is 3.15. The normalized spacial score (nSPS) is 15.9. The number of hydrogen-bond donors (Lipinski definition) is 1. The smallest absolute Gasteiger partial charge is 0.251 e. The van der Waals surface area contributed by atoms with E-state index in [9.17, 15) is 9.59 Å². The summed E-state index contributed by atoms with van der Waals surface area (Å²) in [5.41, 5.74) is 4.92. The number of carbonyl (C=O) groups excluding carboxylic acids is 2. The molecule has 0 saturated carbocycles. The maximum absolute atomic E-state index is 12.5. The molecular formula is C25H23ClN2O2S. The van der Waals surface area contributed by atoms with Gasteiger partial charge in [-0.15, -0.1) is 11.8 Å². The zero-order valence-electron chi connectivity index (χ0n) is 17.2. The number of thioether (sulfide) groups is 1. The molecule has 4 rings (SSSR count). The van der Waals surface area contributed by atoms with Crippen LogP contribution >= 0.6 is 23.4 Å². The topological polar surface area (TPSA) is 49.4 Å². The van der Waals surface area contributed by atoms with E-state index in [-0.39, 0.29) is 17.2 Å². The third-order valence-electron chi connectivity index (χ3n) is 5.27. The molecule has 0 aromatic heterocycles. The Morgan fingerprint density at radius 2 is 1.65 bits per heavy atom. The fourth-order valence-corrected chi connectivity index (χ4v) is 4.79. The van der Waals surface area contributed by atoms with Gasteiger partial charge in [0.15, 0.2) is 0 Å². The molecule has 1 N–H and O–H groups in total. The fourth-order valence-electron chi connectivity index (χ4n) is 3.48. The lowest BCUT2D eigenvalue weighted by Gasteiger charge is -2.24. The first kappa shape index (κ1) is 21.5. The first-order chi connectivity index (χ1) is 15.0. The van der Waals surface area contributed by atoms with Gasteiger partial charge in [-0.1, -0.05) is 65.7 Å². The summed E-state index contributed by atoms with van der Waals surface area (Å²) < 4.78 is 0. The lowest BCUT2D eigenvalue weighted by atomic mass is 10.1. The highest BCUT2D eigenvalue weighted by molar-refractivity contribution is 8.00. The molecule has 2 amide bonds.